The minimum atomic E-state index is -0.989. The molecule has 0 fully saturated rings. The SMILES string of the molecule is O=C(O)c1cnc(NCc2ccon2)c2ccccc12. The minimum absolute atomic E-state index is 0.188. The molecule has 0 saturated heterocycles. The molecule has 0 aliphatic heterocycles. The second-order valence-corrected chi connectivity index (χ2v) is 4.22. The van der Waals surface area contributed by atoms with Crippen LogP contribution in [-0.4, -0.2) is 21.2 Å². The molecule has 1 aromatic carbocycles. The number of carboxylic acids is 1. The Morgan fingerprint density at radius 2 is 2.05 bits per heavy atom. The van der Waals surface area contributed by atoms with E-state index in [4.69, 9.17) is 4.52 Å². The fourth-order valence-electron chi connectivity index (χ4n) is 2.01. The van der Waals surface area contributed by atoms with Gasteiger partial charge >= 0.3 is 5.97 Å². The lowest BCUT2D eigenvalue weighted by Gasteiger charge is -2.09. The van der Waals surface area contributed by atoms with E-state index >= 15 is 0 Å². The van der Waals surface area contributed by atoms with E-state index in [1.54, 1.807) is 18.2 Å². The average Bonchev–Trinajstić information content (AvgIpc) is 2.97. The monoisotopic (exact) mass is 269 g/mol. The number of carboxylic acid groups (broad SMARTS) is 1. The molecular formula is C14H11N3O3. The lowest BCUT2D eigenvalue weighted by Crippen LogP contribution is -2.05. The van der Waals surface area contributed by atoms with Gasteiger partial charge in [0.1, 0.15) is 17.8 Å². The molecule has 3 aromatic rings. The molecule has 0 unspecified atom stereocenters. The van der Waals surface area contributed by atoms with Gasteiger partial charge in [0.05, 0.1) is 12.1 Å². The van der Waals surface area contributed by atoms with E-state index in [0.717, 1.165) is 11.1 Å². The summed E-state index contributed by atoms with van der Waals surface area (Å²) >= 11 is 0. The van der Waals surface area contributed by atoms with E-state index in [1.807, 2.05) is 12.1 Å². The number of aromatic nitrogens is 2. The van der Waals surface area contributed by atoms with Gasteiger partial charge in [-0.05, 0) is 0 Å². The van der Waals surface area contributed by atoms with Gasteiger partial charge in [-0.1, -0.05) is 29.4 Å². The van der Waals surface area contributed by atoms with Crippen molar-refractivity contribution >= 4 is 22.6 Å². The standard InChI is InChI=1S/C14H11N3O3/c18-14(19)12-8-16-13(11-4-2-1-3-10(11)12)15-7-9-5-6-20-17-9/h1-6,8H,7H2,(H,15,16)(H,18,19). The van der Waals surface area contributed by atoms with E-state index in [-0.39, 0.29) is 5.56 Å². The van der Waals surface area contributed by atoms with Crippen molar-refractivity contribution in [1.29, 1.82) is 0 Å². The Morgan fingerprint density at radius 3 is 2.75 bits per heavy atom. The molecule has 0 spiro atoms. The zero-order chi connectivity index (χ0) is 13.9. The van der Waals surface area contributed by atoms with Crippen LogP contribution in [0, 0.1) is 0 Å². The fraction of sp³-hybridized carbons (Fsp3) is 0.0714. The van der Waals surface area contributed by atoms with Crippen LogP contribution in [0.3, 0.4) is 0 Å². The lowest BCUT2D eigenvalue weighted by molar-refractivity contribution is 0.0698. The van der Waals surface area contributed by atoms with E-state index in [2.05, 4.69) is 15.5 Å². The van der Waals surface area contributed by atoms with Crippen molar-refractivity contribution < 1.29 is 14.4 Å². The Morgan fingerprint density at radius 1 is 1.25 bits per heavy atom. The molecule has 2 heterocycles. The van der Waals surface area contributed by atoms with Crippen molar-refractivity contribution in [2.45, 2.75) is 6.54 Å². The van der Waals surface area contributed by atoms with Gasteiger partial charge in [-0.15, -0.1) is 0 Å². The van der Waals surface area contributed by atoms with Crippen LogP contribution in [-0.2, 0) is 6.54 Å². The number of nitrogens with one attached hydrogen (secondary N) is 1. The molecule has 0 aliphatic rings. The van der Waals surface area contributed by atoms with Gasteiger partial charge in [-0.2, -0.15) is 0 Å². The molecule has 0 amide bonds. The van der Waals surface area contributed by atoms with Crippen molar-refractivity contribution in [3.63, 3.8) is 0 Å². The maximum atomic E-state index is 11.2. The molecule has 0 radical (unpaired) electrons. The first-order valence-corrected chi connectivity index (χ1v) is 6.00. The molecule has 2 N–H and O–H groups in total. The number of hydrogen-bond acceptors (Lipinski definition) is 5. The molecule has 2 aromatic heterocycles. The number of nitrogens with zero attached hydrogens (tertiary/aromatic N) is 2. The summed E-state index contributed by atoms with van der Waals surface area (Å²) in [7, 11) is 0. The molecule has 0 bridgehead atoms. The van der Waals surface area contributed by atoms with Gasteiger partial charge in [0.2, 0.25) is 0 Å². The van der Waals surface area contributed by atoms with E-state index in [9.17, 15) is 9.90 Å². The first-order chi connectivity index (χ1) is 9.75. The highest BCUT2D eigenvalue weighted by Gasteiger charge is 2.12. The van der Waals surface area contributed by atoms with Crippen LogP contribution in [0.5, 0.6) is 0 Å². The summed E-state index contributed by atoms with van der Waals surface area (Å²) in [6.07, 6.45) is 2.85. The maximum Gasteiger partial charge on any atom is 0.337 e. The molecule has 0 saturated carbocycles. The van der Waals surface area contributed by atoms with Crippen LogP contribution in [0.25, 0.3) is 10.8 Å². The van der Waals surface area contributed by atoms with Crippen LogP contribution < -0.4 is 5.32 Å². The maximum absolute atomic E-state index is 11.2. The van der Waals surface area contributed by atoms with Crippen molar-refractivity contribution in [2.24, 2.45) is 0 Å². The Labute approximate surface area is 114 Å². The number of benzene rings is 1. The van der Waals surface area contributed by atoms with Crippen LogP contribution in [0.15, 0.2) is 47.3 Å². The Bertz CT molecular complexity index is 753. The normalized spacial score (nSPS) is 10.6. The van der Waals surface area contributed by atoms with E-state index in [0.29, 0.717) is 17.7 Å². The average molecular weight is 269 g/mol. The number of aromatic carboxylic acids is 1. The third-order valence-electron chi connectivity index (χ3n) is 2.95. The molecular weight excluding hydrogens is 258 g/mol. The van der Waals surface area contributed by atoms with Crippen LogP contribution >= 0.6 is 0 Å². The van der Waals surface area contributed by atoms with Gasteiger partial charge in [0.15, 0.2) is 0 Å². The first-order valence-electron chi connectivity index (χ1n) is 6.00. The second-order valence-electron chi connectivity index (χ2n) is 4.22. The predicted molar refractivity (Wildman–Crippen MR) is 72.5 cm³/mol. The van der Waals surface area contributed by atoms with Crippen LogP contribution in [0.4, 0.5) is 5.82 Å². The number of pyridine rings is 1. The number of fused-ring (bicyclic) bond motifs is 1. The molecule has 6 heteroatoms. The summed E-state index contributed by atoms with van der Waals surface area (Å²) in [5, 5.41) is 17.5. The Balaban J connectivity index is 1.99. The van der Waals surface area contributed by atoms with Gasteiger partial charge in [-0.3, -0.25) is 0 Å². The number of hydrogen-bond donors (Lipinski definition) is 2. The third kappa shape index (κ3) is 2.18. The smallest absolute Gasteiger partial charge is 0.337 e. The summed E-state index contributed by atoms with van der Waals surface area (Å²) in [5.41, 5.74) is 0.936. The third-order valence-corrected chi connectivity index (χ3v) is 2.95. The summed E-state index contributed by atoms with van der Waals surface area (Å²) in [6.45, 7) is 0.458. The van der Waals surface area contributed by atoms with Crippen molar-refractivity contribution in [3.8, 4) is 0 Å². The van der Waals surface area contributed by atoms with Gasteiger partial charge in [0.25, 0.3) is 0 Å². The Hall–Kier alpha value is -2.89. The zero-order valence-electron chi connectivity index (χ0n) is 10.4. The van der Waals surface area contributed by atoms with E-state index in [1.165, 1.54) is 12.5 Å². The Kier molecular flexibility index (Phi) is 3.04. The van der Waals surface area contributed by atoms with Gasteiger partial charge < -0.3 is 14.9 Å². The molecule has 0 atom stereocenters. The quantitative estimate of drug-likeness (QED) is 0.756. The molecule has 6 nitrogen and oxygen atoms in total. The van der Waals surface area contributed by atoms with Crippen LogP contribution in [0.1, 0.15) is 16.1 Å². The first kappa shape index (κ1) is 12.2. The van der Waals surface area contributed by atoms with Crippen molar-refractivity contribution in [1.82, 2.24) is 10.1 Å². The van der Waals surface area contributed by atoms with Gasteiger partial charge in [0, 0.05) is 23.0 Å². The highest BCUT2D eigenvalue weighted by molar-refractivity contribution is 6.06. The molecule has 100 valence electrons. The topological polar surface area (TPSA) is 88.2 Å². The second kappa shape index (κ2) is 5.00. The van der Waals surface area contributed by atoms with Gasteiger partial charge in [-0.25, -0.2) is 9.78 Å². The summed E-state index contributed by atoms with van der Waals surface area (Å²) in [4.78, 5) is 15.4. The number of rotatable bonds is 4. The highest BCUT2D eigenvalue weighted by Crippen LogP contribution is 2.24. The van der Waals surface area contributed by atoms with Crippen LogP contribution in [0.2, 0.25) is 0 Å². The highest BCUT2D eigenvalue weighted by atomic mass is 16.5. The molecule has 3 rings (SSSR count). The zero-order valence-corrected chi connectivity index (χ0v) is 10.4. The number of anilines is 1. The predicted octanol–water partition coefficient (Wildman–Crippen LogP) is 2.53. The van der Waals surface area contributed by atoms with E-state index < -0.39 is 5.97 Å². The number of carbonyl (C=O) groups is 1. The lowest BCUT2D eigenvalue weighted by atomic mass is 10.1. The minimum Gasteiger partial charge on any atom is -0.478 e. The summed E-state index contributed by atoms with van der Waals surface area (Å²) < 4.78 is 4.75. The molecule has 0 aliphatic carbocycles. The summed E-state index contributed by atoms with van der Waals surface area (Å²) in [6, 6.07) is 9.00. The fourth-order valence-corrected chi connectivity index (χ4v) is 2.01. The molecule has 20 heavy (non-hydrogen) atoms. The largest absolute Gasteiger partial charge is 0.478 e. The van der Waals surface area contributed by atoms with Crippen molar-refractivity contribution in [2.75, 3.05) is 5.32 Å². The van der Waals surface area contributed by atoms with Crippen molar-refractivity contribution in [3.05, 3.63) is 54.0 Å². The summed E-state index contributed by atoms with van der Waals surface area (Å²) in [5.74, 6) is -0.370.